The maximum absolute atomic E-state index is 13.0. The van der Waals surface area contributed by atoms with Gasteiger partial charge in [0.1, 0.15) is 35.9 Å². The first-order valence-corrected chi connectivity index (χ1v) is 10.6. The SMILES string of the molecule is COCCNc1cc(NC(=O)N(C)c2ccc(-c3cnn(C)c3)c(C3OC=CO3)n2)ncc1C#N. The number of hydrogen-bond acceptors (Lipinski definition) is 9. The first-order valence-electron chi connectivity index (χ1n) is 10.6. The van der Waals surface area contributed by atoms with Gasteiger partial charge in [0.15, 0.2) is 0 Å². The van der Waals surface area contributed by atoms with Crippen LogP contribution in [0.5, 0.6) is 0 Å². The zero-order valence-electron chi connectivity index (χ0n) is 19.4. The topological polar surface area (TPSA) is 139 Å². The van der Waals surface area contributed by atoms with Crippen LogP contribution in [0.1, 0.15) is 17.5 Å². The first kappa shape index (κ1) is 23.5. The van der Waals surface area contributed by atoms with Gasteiger partial charge in [-0.15, -0.1) is 0 Å². The van der Waals surface area contributed by atoms with Gasteiger partial charge in [0.25, 0.3) is 6.29 Å². The Morgan fingerprint density at radius 2 is 2.11 bits per heavy atom. The van der Waals surface area contributed by atoms with Crippen molar-refractivity contribution in [2.75, 3.05) is 42.8 Å². The second-order valence-electron chi connectivity index (χ2n) is 7.52. The van der Waals surface area contributed by atoms with Crippen LogP contribution >= 0.6 is 0 Å². The van der Waals surface area contributed by atoms with Crippen LogP contribution in [0.15, 0.2) is 49.3 Å². The van der Waals surface area contributed by atoms with Crippen molar-refractivity contribution in [3.63, 3.8) is 0 Å². The number of aryl methyl sites for hydroxylation is 1. The zero-order valence-corrected chi connectivity index (χ0v) is 19.4. The van der Waals surface area contributed by atoms with E-state index in [9.17, 15) is 10.1 Å². The van der Waals surface area contributed by atoms with E-state index >= 15 is 0 Å². The molecule has 12 nitrogen and oxygen atoms in total. The fraction of sp³-hybridized carbons (Fsp3) is 0.261. The Balaban J connectivity index is 1.55. The number of methoxy groups -OCH3 is 1. The summed E-state index contributed by atoms with van der Waals surface area (Å²) in [5.41, 5.74) is 3.01. The molecule has 12 heteroatoms. The van der Waals surface area contributed by atoms with Crippen LogP contribution in [-0.2, 0) is 21.3 Å². The molecule has 0 fully saturated rings. The maximum atomic E-state index is 13.0. The summed E-state index contributed by atoms with van der Waals surface area (Å²) >= 11 is 0. The summed E-state index contributed by atoms with van der Waals surface area (Å²) in [6.07, 6.45) is 7.10. The fourth-order valence-corrected chi connectivity index (χ4v) is 3.35. The lowest BCUT2D eigenvalue weighted by atomic mass is 10.1. The van der Waals surface area contributed by atoms with Gasteiger partial charge in [0.05, 0.1) is 24.1 Å². The minimum Gasteiger partial charge on any atom is -0.454 e. The number of pyridine rings is 2. The number of nitrogens with zero attached hydrogens (tertiary/aromatic N) is 6. The Morgan fingerprint density at radius 3 is 2.80 bits per heavy atom. The molecule has 35 heavy (non-hydrogen) atoms. The van der Waals surface area contributed by atoms with Crippen molar-refractivity contribution in [2.45, 2.75) is 6.29 Å². The molecule has 0 bridgehead atoms. The molecule has 0 saturated carbocycles. The first-order chi connectivity index (χ1) is 17.0. The summed E-state index contributed by atoms with van der Waals surface area (Å²) in [5, 5.41) is 19.4. The molecule has 1 aliphatic rings. The Hall–Kier alpha value is -4.63. The minimum absolute atomic E-state index is 0.277. The molecule has 3 aromatic heterocycles. The number of carbonyl (C=O) groups excluding carboxylic acids is 1. The molecule has 4 heterocycles. The van der Waals surface area contributed by atoms with Crippen molar-refractivity contribution in [1.29, 1.82) is 5.26 Å². The van der Waals surface area contributed by atoms with Crippen LogP contribution < -0.4 is 15.5 Å². The molecule has 0 aliphatic carbocycles. The molecule has 3 aromatic rings. The van der Waals surface area contributed by atoms with Crippen LogP contribution in [0.4, 0.5) is 22.1 Å². The zero-order chi connectivity index (χ0) is 24.8. The number of hydrogen-bond donors (Lipinski definition) is 2. The monoisotopic (exact) mass is 476 g/mol. The number of anilines is 3. The molecule has 2 amide bonds. The summed E-state index contributed by atoms with van der Waals surface area (Å²) in [6, 6.07) is 6.75. The molecule has 1 aliphatic heterocycles. The van der Waals surface area contributed by atoms with E-state index in [2.05, 4.69) is 31.8 Å². The second-order valence-corrected chi connectivity index (χ2v) is 7.52. The van der Waals surface area contributed by atoms with Gasteiger partial charge >= 0.3 is 6.03 Å². The summed E-state index contributed by atoms with van der Waals surface area (Å²) in [7, 11) is 5.00. The van der Waals surface area contributed by atoms with Crippen LogP contribution in [-0.4, -0.2) is 53.1 Å². The lowest BCUT2D eigenvalue weighted by Gasteiger charge is -2.20. The number of nitriles is 1. The second kappa shape index (κ2) is 10.5. The molecule has 4 rings (SSSR count). The molecule has 0 saturated heterocycles. The highest BCUT2D eigenvalue weighted by Crippen LogP contribution is 2.33. The van der Waals surface area contributed by atoms with E-state index in [1.54, 1.807) is 37.2 Å². The summed E-state index contributed by atoms with van der Waals surface area (Å²) in [5.74, 6) is 0.649. The number of carbonyl (C=O) groups is 1. The van der Waals surface area contributed by atoms with E-state index in [1.165, 1.54) is 23.6 Å². The van der Waals surface area contributed by atoms with Crippen LogP contribution in [0.3, 0.4) is 0 Å². The van der Waals surface area contributed by atoms with E-state index in [1.807, 2.05) is 19.3 Å². The lowest BCUT2D eigenvalue weighted by Crippen LogP contribution is -2.32. The van der Waals surface area contributed by atoms with E-state index in [0.717, 1.165) is 11.1 Å². The third-order valence-electron chi connectivity index (χ3n) is 5.14. The number of urea groups is 1. The van der Waals surface area contributed by atoms with Crippen LogP contribution in [0, 0.1) is 11.3 Å². The van der Waals surface area contributed by atoms with Crippen molar-refractivity contribution in [2.24, 2.45) is 7.05 Å². The van der Waals surface area contributed by atoms with Gasteiger partial charge < -0.3 is 19.5 Å². The molecule has 0 unspecified atom stereocenters. The predicted molar refractivity (Wildman–Crippen MR) is 127 cm³/mol. The van der Waals surface area contributed by atoms with Crippen molar-refractivity contribution < 1.29 is 19.0 Å². The lowest BCUT2D eigenvalue weighted by molar-refractivity contribution is -0.0273. The van der Waals surface area contributed by atoms with Gasteiger partial charge in [-0.3, -0.25) is 14.9 Å². The summed E-state index contributed by atoms with van der Waals surface area (Å²) < 4.78 is 17.7. The number of ether oxygens (including phenoxy) is 3. The van der Waals surface area contributed by atoms with Gasteiger partial charge in [-0.2, -0.15) is 10.4 Å². The molecule has 0 radical (unpaired) electrons. The van der Waals surface area contributed by atoms with Crippen LogP contribution in [0.25, 0.3) is 11.1 Å². The van der Waals surface area contributed by atoms with Gasteiger partial charge in [0.2, 0.25) is 0 Å². The molecular weight excluding hydrogens is 452 g/mol. The number of aromatic nitrogens is 4. The average molecular weight is 476 g/mol. The summed E-state index contributed by atoms with van der Waals surface area (Å²) in [4.78, 5) is 23.1. The molecule has 180 valence electrons. The number of nitrogens with one attached hydrogen (secondary N) is 2. The van der Waals surface area contributed by atoms with Crippen molar-refractivity contribution >= 4 is 23.4 Å². The van der Waals surface area contributed by atoms with Gasteiger partial charge in [-0.1, -0.05) is 0 Å². The van der Waals surface area contributed by atoms with E-state index in [0.29, 0.717) is 35.9 Å². The van der Waals surface area contributed by atoms with Crippen molar-refractivity contribution in [3.05, 3.63) is 60.6 Å². The average Bonchev–Trinajstić information content (AvgIpc) is 3.56. The third-order valence-corrected chi connectivity index (χ3v) is 5.14. The molecule has 0 spiro atoms. The Morgan fingerprint density at radius 1 is 1.31 bits per heavy atom. The van der Waals surface area contributed by atoms with E-state index < -0.39 is 12.3 Å². The largest absolute Gasteiger partial charge is 0.454 e. The molecule has 0 atom stereocenters. The van der Waals surface area contributed by atoms with E-state index in [-0.39, 0.29) is 5.82 Å². The maximum Gasteiger partial charge on any atom is 0.328 e. The molecule has 2 N–H and O–H groups in total. The standard InChI is InChI=1S/C23H24N8O4/c1-30-14-16(13-27-30)17-4-5-20(29-21(17)22-34-8-9-35-22)31(2)23(32)28-19-10-18(25-6-7-33-3)15(11-24)12-26-19/h4-5,8-10,12-14,22H,6-7H2,1-3H3,(H2,25,26,28,32). The normalized spacial score (nSPS) is 12.5. The van der Waals surface area contributed by atoms with Crippen molar-refractivity contribution in [3.8, 4) is 17.2 Å². The quantitative estimate of drug-likeness (QED) is 0.470. The van der Waals surface area contributed by atoms with Gasteiger partial charge in [-0.25, -0.2) is 14.8 Å². The Labute approximate surface area is 201 Å². The van der Waals surface area contributed by atoms with E-state index in [4.69, 9.17) is 14.2 Å². The smallest absolute Gasteiger partial charge is 0.328 e. The number of rotatable bonds is 8. The Bertz CT molecular complexity index is 1270. The fourth-order valence-electron chi connectivity index (χ4n) is 3.35. The number of amides is 2. The predicted octanol–water partition coefficient (Wildman–Crippen LogP) is 2.99. The van der Waals surface area contributed by atoms with Crippen molar-refractivity contribution in [1.82, 2.24) is 19.7 Å². The molecule has 0 aromatic carbocycles. The summed E-state index contributed by atoms with van der Waals surface area (Å²) in [6.45, 7) is 0.962. The van der Waals surface area contributed by atoms with Gasteiger partial charge in [0, 0.05) is 57.3 Å². The highest BCUT2D eigenvalue weighted by molar-refractivity contribution is 6.00. The highest BCUT2D eigenvalue weighted by Gasteiger charge is 2.25. The minimum atomic E-state index is -0.748. The highest BCUT2D eigenvalue weighted by atomic mass is 16.7. The molecular formula is C23H24N8O4. The third kappa shape index (κ3) is 5.31. The van der Waals surface area contributed by atoms with Crippen LogP contribution in [0.2, 0.25) is 0 Å². The Kier molecular flexibility index (Phi) is 7.08. The van der Waals surface area contributed by atoms with Gasteiger partial charge in [-0.05, 0) is 12.1 Å².